The van der Waals surface area contributed by atoms with Crippen LogP contribution in [0, 0.1) is 0 Å². The normalized spacial score (nSPS) is 10.9. The van der Waals surface area contributed by atoms with Gasteiger partial charge in [0.25, 0.3) is 5.56 Å². The average molecular weight is 278 g/mol. The molecule has 7 nitrogen and oxygen atoms in total. The topological polar surface area (TPSA) is 82.8 Å². The van der Waals surface area contributed by atoms with Crippen molar-refractivity contribution in [2.75, 3.05) is 17.6 Å². The summed E-state index contributed by atoms with van der Waals surface area (Å²) < 4.78 is 5.58. The van der Waals surface area contributed by atoms with E-state index in [0.29, 0.717) is 18.8 Å². The van der Waals surface area contributed by atoms with Crippen LogP contribution in [0.1, 0.15) is 20.3 Å². The Morgan fingerprint density at radius 2 is 2.05 bits per heavy atom. The number of hydrogen-bond acceptors (Lipinski definition) is 4. The first-order valence-electron chi connectivity index (χ1n) is 6.97. The molecule has 3 N–H and O–H groups in total. The molecule has 0 fully saturated rings. The van der Waals surface area contributed by atoms with Gasteiger partial charge >= 0.3 is 0 Å². The van der Waals surface area contributed by atoms with E-state index in [4.69, 9.17) is 5.73 Å². The van der Waals surface area contributed by atoms with Gasteiger partial charge < -0.3 is 15.6 Å². The van der Waals surface area contributed by atoms with Crippen molar-refractivity contribution >= 4 is 11.5 Å². The standard InChI is InChI=1S/C13H22N6O/c1-3-18-12(11(14)13(20)19(18)4-2)16-6-5-8-17-9-7-15-10-17/h7,9-10,16H,3-6,8,14H2,1-2H3. The molecule has 2 aromatic rings. The highest BCUT2D eigenvalue weighted by Crippen LogP contribution is 2.15. The fourth-order valence-corrected chi connectivity index (χ4v) is 2.33. The van der Waals surface area contributed by atoms with Gasteiger partial charge in [0.1, 0.15) is 11.5 Å². The quantitative estimate of drug-likeness (QED) is 0.739. The second-order valence-corrected chi connectivity index (χ2v) is 4.58. The third kappa shape index (κ3) is 2.71. The van der Waals surface area contributed by atoms with E-state index in [1.807, 2.05) is 29.3 Å². The molecule has 0 saturated heterocycles. The fourth-order valence-electron chi connectivity index (χ4n) is 2.33. The Labute approximate surface area is 118 Å². The highest BCUT2D eigenvalue weighted by molar-refractivity contribution is 5.60. The molecule has 0 aliphatic heterocycles. The lowest BCUT2D eigenvalue weighted by molar-refractivity contribution is 0.480. The Morgan fingerprint density at radius 3 is 2.65 bits per heavy atom. The number of nitrogen functional groups attached to an aromatic ring is 1. The van der Waals surface area contributed by atoms with Crippen LogP contribution in [0.4, 0.5) is 11.5 Å². The van der Waals surface area contributed by atoms with Crippen LogP contribution in [0.25, 0.3) is 0 Å². The molecule has 0 aromatic carbocycles. The molecule has 0 amide bonds. The van der Waals surface area contributed by atoms with Crippen LogP contribution in [0.3, 0.4) is 0 Å². The lowest BCUT2D eigenvalue weighted by Gasteiger charge is -2.13. The van der Waals surface area contributed by atoms with Crippen molar-refractivity contribution < 1.29 is 0 Å². The summed E-state index contributed by atoms with van der Waals surface area (Å²) in [5.41, 5.74) is 6.08. The summed E-state index contributed by atoms with van der Waals surface area (Å²) in [7, 11) is 0. The minimum atomic E-state index is -0.119. The third-order valence-electron chi connectivity index (χ3n) is 3.31. The lowest BCUT2D eigenvalue weighted by Crippen LogP contribution is -2.22. The molecule has 0 saturated carbocycles. The zero-order valence-corrected chi connectivity index (χ0v) is 12.0. The predicted octanol–water partition coefficient (Wildman–Crippen LogP) is 0.970. The van der Waals surface area contributed by atoms with Gasteiger partial charge in [0.15, 0.2) is 0 Å². The Hall–Kier alpha value is -2.18. The summed E-state index contributed by atoms with van der Waals surface area (Å²) in [5.74, 6) is 0.727. The molecule has 2 rings (SSSR count). The highest BCUT2D eigenvalue weighted by Gasteiger charge is 2.14. The molecule has 20 heavy (non-hydrogen) atoms. The van der Waals surface area contributed by atoms with Crippen LogP contribution >= 0.6 is 0 Å². The van der Waals surface area contributed by atoms with Gasteiger partial charge in [-0.05, 0) is 20.3 Å². The molecule has 0 aliphatic carbocycles. The van der Waals surface area contributed by atoms with Crippen LogP contribution < -0.4 is 16.6 Å². The number of aryl methyl sites for hydroxylation is 1. The summed E-state index contributed by atoms with van der Waals surface area (Å²) in [6.45, 7) is 6.92. The van der Waals surface area contributed by atoms with E-state index in [1.165, 1.54) is 0 Å². The molecule has 2 heterocycles. The largest absolute Gasteiger partial charge is 0.391 e. The number of nitrogens with two attached hydrogens (primary N) is 1. The summed E-state index contributed by atoms with van der Waals surface area (Å²) in [6.07, 6.45) is 6.43. The van der Waals surface area contributed by atoms with E-state index >= 15 is 0 Å². The molecule has 0 aliphatic rings. The minimum absolute atomic E-state index is 0.119. The predicted molar refractivity (Wildman–Crippen MR) is 79.8 cm³/mol. The first kappa shape index (κ1) is 14.2. The zero-order chi connectivity index (χ0) is 14.5. The monoisotopic (exact) mass is 278 g/mol. The Balaban J connectivity index is 2.00. The van der Waals surface area contributed by atoms with Crippen molar-refractivity contribution in [3.05, 3.63) is 29.1 Å². The number of anilines is 2. The average Bonchev–Trinajstić information content (AvgIpc) is 3.04. The Kier molecular flexibility index (Phi) is 4.49. The van der Waals surface area contributed by atoms with E-state index in [1.54, 1.807) is 17.2 Å². The number of aromatic nitrogens is 4. The molecule has 7 heteroatoms. The second kappa shape index (κ2) is 6.31. The number of nitrogens with one attached hydrogen (secondary N) is 1. The molecule has 0 radical (unpaired) electrons. The maximum absolute atomic E-state index is 12.0. The van der Waals surface area contributed by atoms with E-state index < -0.39 is 0 Å². The molecular formula is C13H22N6O. The van der Waals surface area contributed by atoms with Gasteiger partial charge in [-0.1, -0.05) is 0 Å². The van der Waals surface area contributed by atoms with Crippen molar-refractivity contribution in [1.82, 2.24) is 18.9 Å². The van der Waals surface area contributed by atoms with Gasteiger partial charge in [-0.15, -0.1) is 0 Å². The van der Waals surface area contributed by atoms with Gasteiger partial charge in [-0.25, -0.2) is 9.67 Å². The van der Waals surface area contributed by atoms with E-state index in [2.05, 4.69) is 10.3 Å². The van der Waals surface area contributed by atoms with Crippen molar-refractivity contribution in [3.63, 3.8) is 0 Å². The lowest BCUT2D eigenvalue weighted by atomic mass is 10.4. The minimum Gasteiger partial charge on any atom is -0.391 e. The Morgan fingerprint density at radius 1 is 1.30 bits per heavy atom. The van der Waals surface area contributed by atoms with Gasteiger partial charge in [-0.3, -0.25) is 9.48 Å². The van der Waals surface area contributed by atoms with E-state index in [-0.39, 0.29) is 5.56 Å². The molecule has 110 valence electrons. The SMILES string of the molecule is CCn1c(NCCCn2ccnc2)c(N)c(=O)n1CC. The number of hydrogen-bond donors (Lipinski definition) is 2. The maximum Gasteiger partial charge on any atom is 0.292 e. The maximum atomic E-state index is 12.0. The number of nitrogens with zero attached hydrogens (tertiary/aromatic N) is 4. The molecular weight excluding hydrogens is 256 g/mol. The van der Waals surface area contributed by atoms with Crippen molar-refractivity contribution in [2.24, 2.45) is 0 Å². The van der Waals surface area contributed by atoms with Gasteiger partial charge in [0, 0.05) is 38.6 Å². The number of imidazole rings is 1. The van der Waals surface area contributed by atoms with E-state index in [0.717, 1.165) is 25.3 Å². The van der Waals surface area contributed by atoms with Crippen molar-refractivity contribution in [2.45, 2.75) is 39.9 Å². The first-order chi connectivity index (χ1) is 9.69. The van der Waals surface area contributed by atoms with Crippen LogP contribution in [-0.2, 0) is 19.6 Å². The summed E-state index contributed by atoms with van der Waals surface area (Å²) in [4.78, 5) is 16.0. The van der Waals surface area contributed by atoms with Gasteiger partial charge in [0.2, 0.25) is 0 Å². The summed E-state index contributed by atoms with van der Waals surface area (Å²) in [5, 5.41) is 3.27. The smallest absolute Gasteiger partial charge is 0.292 e. The third-order valence-corrected chi connectivity index (χ3v) is 3.31. The van der Waals surface area contributed by atoms with Gasteiger partial charge in [0.05, 0.1) is 6.33 Å². The van der Waals surface area contributed by atoms with Crippen LogP contribution in [0.5, 0.6) is 0 Å². The fraction of sp³-hybridized carbons (Fsp3) is 0.538. The second-order valence-electron chi connectivity index (χ2n) is 4.58. The zero-order valence-electron chi connectivity index (χ0n) is 12.0. The molecule has 2 aromatic heterocycles. The van der Waals surface area contributed by atoms with E-state index in [9.17, 15) is 4.79 Å². The summed E-state index contributed by atoms with van der Waals surface area (Å²) >= 11 is 0. The van der Waals surface area contributed by atoms with Crippen LogP contribution in [0.15, 0.2) is 23.5 Å². The molecule has 0 spiro atoms. The first-order valence-corrected chi connectivity index (χ1v) is 6.97. The van der Waals surface area contributed by atoms with Crippen LogP contribution in [-0.4, -0.2) is 25.5 Å². The highest BCUT2D eigenvalue weighted by atomic mass is 16.1. The van der Waals surface area contributed by atoms with Crippen molar-refractivity contribution in [3.8, 4) is 0 Å². The summed E-state index contributed by atoms with van der Waals surface area (Å²) in [6, 6.07) is 0. The molecule has 0 unspecified atom stereocenters. The molecule has 0 atom stereocenters. The van der Waals surface area contributed by atoms with Crippen LogP contribution in [0.2, 0.25) is 0 Å². The Bertz CT molecular complexity index is 595. The molecule has 0 bridgehead atoms. The van der Waals surface area contributed by atoms with Gasteiger partial charge in [-0.2, -0.15) is 0 Å². The van der Waals surface area contributed by atoms with Crippen molar-refractivity contribution in [1.29, 1.82) is 0 Å². The number of rotatable bonds is 7.